The normalized spacial score (nSPS) is 15.8. The Bertz CT molecular complexity index is 528. The van der Waals surface area contributed by atoms with Crippen LogP contribution in [0.15, 0.2) is 18.2 Å². The number of nitrogens with two attached hydrogens (primary N) is 1. The van der Waals surface area contributed by atoms with Gasteiger partial charge in [0.1, 0.15) is 5.52 Å². The third kappa shape index (κ3) is 1.54. The SMILES string of the molecule is Nc1nc2c(F)cccc2n1CCC1CC1. The summed E-state index contributed by atoms with van der Waals surface area (Å²) in [6.45, 7) is 0.844. The van der Waals surface area contributed by atoms with Crippen LogP contribution in [0, 0.1) is 11.7 Å². The molecule has 3 rings (SSSR count). The number of hydrogen-bond donors (Lipinski definition) is 1. The van der Waals surface area contributed by atoms with E-state index in [0.29, 0.717) is 11.5 Å². The number of aromatic nitrogens is 2. The molecule has 2 N–H and O–H groups in total. The van der Waals surface area contributed by atoms with Gasteiger partial charge in [-0.05, 0) is 24.5 Å². The topological polar surface area (TPSA) is 43.8 Å². The van der Waals surface area contributed by atoms with E-state index in [0.717, 1.165) is 24.4 Å². The molecule has 0 radical (unpaired) electrons. The van der Waals surface area contributed by atoms with E-state index in [1.165, 1.54) is 18.9 Å². The zero-order valence-electron chi connectivity index (χ0n) is 8.99. The standard InChI is InChI=1S/C12H14FN3/c13-9-2-1-3-10-11(9)15-12(14)16(10)7-6-8-4-5-8/h1-3,8H,4-7H2,(H2,14,15). The van der Waals surface area contributed by atoms with Crippen molar-refractivity contribution < 1.29 is 4.39 Å². The summed E-state index contributed by atoms with van der Waals surface area (Å²) in [6, 6.07) is 4.99. The van der Waals surface area contributed by atoms with Crippen molar-refractivity contribution >= 4 is 17.0 Å². The molecular weight excluding hydrogens is 205 g/mol. The number of nitrogen functional groups attached to an aromatic ring is 1. The predicted molar refractivity (Wildman–Crippen MR) is 61.4 cm³/mol. The van der Waals surface area contributed by atoms with Crippen LogP contribution in [-0.4, -0.2) is 9.55 Å². The zero-order chi connectivity index (χ0) is 11.1. The smallest absolute Gasteiger partial charge is 0.201 e. The number of nitrogens with zero attached hydrogens (tertiary/aromatic N) is 2. The van der Waals surface area contributed by atoms with Crippen molar-refractivity contribution in [3.63, 3.8) is 0 Å². The molecule has 1 aromatic carbocycles. The highest BCUT2D eigenvalue weighted by molar-refractivity contribution is 5.78. The lowest BCUT2D eigenvalue weighted by molar-refractivity contribution is 0.613. The molecule has 0 amide bonds. The Kier molecular flexibility index (Phi) is 2.09. The fourth-order valence-electron chi connectivity index (χ4n) is 2.08. The summed E-state index contributed by atoms with van der Waals surface area (Å²) < 4.78 is 15.4. The average Bonchev–Trinajstić information content (AvgIpc) is 3.02. The molecule has 1 aliphatic carbocycles. The minimum Gasteiger partial charge on any atom is -0.369 e. The van der Waals surface area contributed by atoms with E-state index in [1.807, 2.05) is 10.6 Å². The van der Waals surface area contributed by atoms with E-state index in [4.69, 9.17) is 5.73 Å². The van der Waals surface area contributed by atoms with E-state index in [9.17, 15) is 4.39 Å². The van der Waals surface area contributed by atoms with Gasteiger partial charge in [-0.1, -0.05) is 18.9 Å². The Morgan fingerprint density at radius 2 is 2.25 bits per heavy atom. The van der Waals surface area contributed by atoms with Crippen LogP contribution < -0.4 is 5.73 Å². The van der Waals surface area contributed by atoms with Gasteiger partial charge in [0, 0.05) is 6.54 Å². The molecule has 0 atom stereocenters. The second kappa shape index (κ2) is 3.47. The van der Waals surface area contributed by atoms with Gasteiger partial charge in [-0.2, -0.15) is 0 Å². The first-order valence-corrected chi connectivity index (χ1v) is 5.66. The maximum atomic E-state index is 13.5. The second-order valence-electron chi connectivity index (χ2n) is 4.46. The quantitative estimate of drug-likeness (QED) is 0.862. The highest BCUT2D eigenvalue weighted by Crippen LogP contribution is 2.33. The number of halogens is 1. The molecule has 3 nitrogen and oxygen atoms in total. The maximum Gasteiger partial charge on any atom is 0.201 e. The van der Waals surface area contributed by atoms with Crippen molar-refractivity contribution in [1.29, 1.82) is 0 Å². The molecule has 1 heterocycles. The maximum absolute atomic E-state index is 13.5. The van der Waals surface area contributed by atoms with E-state index < -0.39 is 0 Å². The molecule has 1 saturated carbocycles. The van der Waals surface area contributed by atoms with Gasteiger partial charge in [0.15, 0.2) is 5.82 Å². The largest absolute Gasteiger partial charge is 0.369 e. The predicted octanol–water partition coefficient (Wildman–Crippen LogP) is 2.56. The third-order valence-electron chi connectivity index (χ3n) is 3.22. The van der Waals surface area contributed by atoms with Crippen LogP contribution in [0.4, 0.5) is 10.3 Å². The Labute approximate surface area is 93.1 Å². The fourth-order valence-corrected chi connectivity index (χ4v) is 2.08. The van der Waals surface area contributed by atoms with Crippen LogP contribution in [0.5, 0.6) is 0 Å². The Hall–Kier alpha value is -1.58. The van der Waals surface area contributed by atoms with Crippen molar-refractivity contribution in [1.82, 2.24) is 9.55 Å². The van der Waals surface area contributed by atoms with Crippen LogP contribution >= 0.6 is 0 Å². The summed E-state index contributed by atoms with van der Waals surface area (Å²) in [5.41, 5.74) is 7.00. The Morgan fingerprint density at radius 1 is 1.44 bits per heavy atom. The summed E-state index contributed by atoms with van der Waals surface area (Å²) >= 11 is 0. The lowest BCUT2D eigenvalue weighted by Gasteiger charge is -2.05. The van der Waals surface area contributed by atoms with Gasteiger partial charge < -0.3 is 10.3 Å². The first kappa shape index (κ1) is 9.63. The van der Waals surface area contributed by atoms with Crippen LogP contribution in [0.25, 0.3) is 11.0 Å². The van der Waals surface area contributed by atoms with Crippen molar-refractivity contribution in [3.05, 3.63) is 24.0 Å². The first-order valence-electron chi connectivity index (χ1n) is 5.66. The highest BCUT2D eigenvalue weighted by atomic mass is 19.1. The van der Waals surface area contributed by atoms with Gasteiger partial charge in [-0.25, -0.2) is 9.37 Å². The molecule has 1 aliphatic rings. The lowest BCUT2D eigenvalue weighted by Crippen LogP contribution is -2.03. The molecule has 4 heteroatoms. The average molecular weight is 219 g/mol. The van der Waals surface area contributed by atoms with Crippen molar-refractivity contribution in [3.8, 4) is 0 Å². The van der Waals surface area contributed by atoms with Crippen LogP contribution in [0.3, 0.4) is 0 Å². The number of fused-ring (bicyclic) bond motifs is 1. The van der Waals surface area contributed by atoms with Gasteiger partial charge >= 0.3 is 0 Å². The Morgan fingerprint density at radius 3 is 3.00 bits per heavy atom. The van der Waals surface area contributed by atoms with Gasteiger partial charge in [-0.15, -0.1) is 0 Å². The number of imidazole rings is 1. The molecule has 0 unspecified atom stereocenters. The second-order valence-corrected chi connectivity index (χ2v) is 4.46. The van der Waals surface area contributed by atoms with E-state index in [-0.39, 0.29) is 5.82 Å². The summed E-state index contributed by atoms with van der Waals surface area (Å²) in [4.78, 5) is 4.08. The van der Waals surface area contributed by atoms with Crippen LogP contribution in [-0.2, 0) is 6.54 Å². The summed E-state index contributed by atoms with van der Waals surface area (Å²) in [5.74, 6) is 0.959. The molecule has 0 spiro atoms. The summed E-state index contributed by atoms with van der Waals surface area (Å²) in [6.07, 6.45) is 3.76. The highest BCUT2D eigenvalue weighted by Gasteiger charge is 2.21. The number of para-hydroxylation sites is 1. The number of aryl methyl sites for hydroxylation is 1. The summed E-state index contributed by atoms with van der Waals surface area (Å²) in [7, 11) is 0. The monoisotopic (exact) mass is 219 g/mol. The minimum absolute atomic E-state index is 0.297. The first-order chi connectivity index (χ1) is 7.75. The number of benzene rings is 1. The number of anilines is 1. The summed E-state index contributed by atoms with van der Waals surface area (Å²) in [5, 5.41) is 0. The minimum atomic E-state index is -0.297. The molecule has 1 aromatic heterocycles. The van der Waals surface area contributed by atoms with Crippen molar-refractivity contribution in [2.24, 2.45) is 5.92 Å². The van der Waals surface area contributed by atoms with Crippen LogP contribution in [0.2, 0.25) is 0 Å². The molecule has 0 aliphatic heterocycles. The van der Waals surface area contributed by atoms with E-state index in [2.05, 4.69) is 4.98 Å². The van der Waals surface area contributed by atoms with Gasteiger partial charge in [0.2, 0.25) is 5.95 Å². The number of hydrogen-bond acceptors (Lipinski definition) is 2. The Balaban J connectivity index is 2.00. The fraction of sp³-hybridized carbons (Fsp3) is 0.417. The number of rotatable bonds is 3. The molecule has 16 heavy (non-hydrogen) atoms. The van der Waals surface area contributed by atoms with Gasteiger partial charge in [-0.3, -0.25) is 0 Å². The molecule has 0 bridgehead atoms. The zero-order valence-corrected chi connectivity index (χ0v) is 8.99. The van der Waals surface area contributed by atoms with Gasteiger partial charge in [0.05, 0.1) is 5.52 Å². The molecular formula is C12H14FN3. The van der Waals surface area contributed by atoms with E-state index >= 15 is 0 Å². The lowest BCUT2D eigenvalue weighted by atomic mass is 10.2. The van der Waals surface area contributed by atoms with Crippen LogP contribution in [0.1, 0.15) is 19.3 Å². The van der Waals surface area contributed by atoms with E-state index in [1.54, 1.807) is 6.07 Å². The third-order valence-corrected chi connectivity index (χ3v) is 3.22. The molecule has 1 fully saturated rings. The van der Waals surface area contributed by atoms with Crippen molar-refractivity contribution in [2.75, 3.05) is 5.73 Å². The molecule has 2 aromatic rings. The molecule has 0 saturated heterocycles. The van der Waals surface area contributed by atoms with Gasteiger partial charge in [0.25, 0.3) is 0 Å². The van der Waals surface area contributed by atoms with Crippen molar-refractivity contribution in [2.45, 2.75) is 25.8 Å². The molecule has 84 valence electrons.